The van der Waals surface area contributed by atoms with Crippen molar-refractivity contribution in [3.8, 4) is 56.4 Å². The summed E-state index contributed by atoms with van der Waals surface area (Å²) in [4.78, 5) is 0. The monoisotopic (exact) mass is 516 g/mol. The molecule has 0 N–H and O–H groups in total. The van der Waals surface area contributed by atoms with Crippen LogP contribution in [-0.4, -0.2) is 39.4 Å². The SMILES string of the molecule is C=[N+](C)c1c(-c2c(-c3ccc(-c4ccccc4)cc3)cc(OC)c(OC)c2C)ccc2cc3c(cc12)OCO3. The molecular weight excluding hydrogens is 486 g/mol. The molecule has 5 heteroatoms. The molecule has 0 aromatic heterocycles. The molecule has 1 aliphatic rings. The van der Waals surface area contributed by atoms with Crippen molar-refractivity contribution in [1.29, 1.82) is 0 Å². The minimum atomic E-state index is 0.228. The van der Waals surface area contributed by atoms with E-state index in [2.05, 4.69) is 80.4 Å². The summed E-state index contributed by atoms with van der Waals surface area (Å²) < 4.78 is 24.9. The summed E-state index contributed by atoms with van der Waals surface area (Å²) in [5.41, 5.74) is 8.56. The highest BCUT2D eigenvalue weighted by molar-refractivity contribution is 6.03. The lowest BCUT2D eigenvalue weighted by atomic mass is 9.87. The van der Waals surface area contributed by atoms with E-state index in [1.807, 2.05) is 29.8 Å². The first kappa shape index (κ1) is 24.6. The van der Waals surface area contributed by atoms with Gasteiger partial charge in [-0.1, -0.05) is 60.7 Å². The van der Waals surface area contributed by atoms with Crippen molar-refractivity contribution in [2.24, 2.45) is 0 Å². The predicted octanol–water partition coefficient (Wildman–Crippen LogP) is 7.87. The van der Waals surface area contributed by atoms with Crippen molar-refractivity contribution >= 4 is 23.2 Å². The van der Waals surface area contributed by atoms with E-state index < -0.39 is 0 Å². The first-order chi connectivity index (χ1) is 19.0. The molecule has 0 fully saturated rings. The Balaban J connectivity index is 1.62. The molecule has 0 aliphatic carbocycles. The van der Waals surface area contributed by atoms with E-state index in [0.717, 1.165) is 61.3 Å². The van der Waals surface area contributed by atoms with Crippen LogP contribution in [-0.2, 0) is 0 Å². The zero-order chi connectivity index (χ0) is 27.1. The van der Waals surface area contributed by atoms with Crippen molar-refractivity contribution in [3.05, 3.63) is 90.5 Å². The van der Waals surface area contributed by atoms with Crippen molar-refractivity contribution < 1.29 is 23.5 Å². The van der Waals surface area contributed by atoms with Crippen molar-refractivity contribution in [2.75, 3.05) is 28.1 Å². The fraction of sp³-hybridized carbons (Fsp3) is 0.147. The van der Waals surface area contributed by atoms with Crippen LogP contribution in [0.2, 0.25) is 0 Å². The Hall–Kier alpha value is -4.77. The summed E-state index contributed by atoms with van der Waals surface area (Å²) in [6, 6.07) is 29.5. The lowest BCUT2D eigenvalue weighted by molar-refractivity contribution is -0.392. The Labute approximate surface area is 228 Å². The summed E-state index contributed by atoms with van der Waals surface area (Å²) in [6.07, 6.45) is 0. The number of ether oxygens (including phenoxy) is 4. The van der Waals surface area contributed by atoms with Gasteiger partial charge >= 0.3 is 0 Å². The molecule has 39 heavy (non-hydrogen) atoms. The maximum Gasteiger partial charge on any atom is 0.231 e. The maximum atomic E-state index is 5.85. The molecule has 1 heterocycles. The molecule has 0 bridgehead atoms. The topological polar surface area (TPSA) is 39.9 Å². The van der Waals surface area contributed by atoms with Gasteiger partial charge in [-0.25, -0.2) is 4.58 Å². The predicted molar refractivity (Wildman–Crippen MR) is 157 cm³/mol. The molecule has 6 rings (SSSR count). The van der Waals surface area contributed by atoms with E-state index >= 15 is 0 Å². The molecule has 194 valence electrons. The molecule has 0 radical (unpaired) electrons. The van der Waals surface area contributed by atoms with Crippen LogP contribution >= 0.6 is 0 Å². The minimum absolute atomic E-state index is 0.228. The Morgan fingerprint density at radius 1 is 0.744 bits per heavy atom. The van der Waals surface area contributed by atoms with Gasteiger partial charge in [0.2, 0.25) is 12.5 Å². The van der Waals surface area contributed by atoms with Gasteiger partial charge in [0.25, 0.3) is 0 Å². The molecule has 0 atom stereocenters. The second-order valence-electron chi connectivity index (χ2n) is 9.69. The quantitative estimate of drug-likeness (QED) is 0.170. The number of rotatable bonds is 6. The zero-order valence-corrected chi connectivity index (χ0v) is 22.6. The van der Waals surface area contributed by atoms with Crippen LogP contribution in [0.15, 0.2) is 84.9 Å². The van der Waals surface area contributed by atoms with E-state index in [1.54, 1.807) is 14.2 Å². The molecule has 0 amide bonds. The third kappa shape index (κ3) is 4.16. The number of hydrogen-bond donors (Lipinski definition) is 0. The molecule has 1 aliphatic heterocycles. The third-order valence-corrected chi connectivity index (χ3v) is 7.35. The fourth-order valence-corrected chi connectivity index (χ4v) is 5.53. The normalized spacial score (nSPS) is 12.0. The van der Waals surface area contributed by atoms with Crippen LogP contribution in [0.1, 0.15) is 5.56 Å². The van der Waals surface area contributed by atoms with Crippen molar-refractivity contribution in [1.82, 2.24) is 0 Å². The first-order valence-corrected chi connectivity index (χ1v) is 12.8. The van der Waals surface area contributed by atoms with Gasteiger partial charge in [-0.2, -0.15) is 0 Å². The Morgan fingerprint density at radius 2 is 1.41 bits per heavy atom. The Morgan fingerprint density at radius 3 is 2.08 bits per heavy atom. The maximum absolute atomic E-state index is 5.85. The lowest BCUT2D eigenvalue weighted by Gasteiger charge is -2.20. The molecule has 0 saturated carbocycles. The van der Waals surface area contributed by atoms with E-state index in [0.29, 0.717) is 11.5 Å². The first-order valence-electron chi connectivity index (χ1n) is 12.8. The van der Waals surface area contributed by atoms with E-state index in [-0.39, 0.29) is 6.79 Å². The molecular formula is C34H30NO4+. The molecule has 0 saturated heterocycles. The van der Waals surface area contributed by atoms with Crippen LogP contribution in [0.25, 0.3) is 44.2 Å². The molecule has 0 unspecified atom stereocenters. The average molecular weight is 517 g/mol. The number of methoxy groups -OCH3 is 2. The van der Waals surface area contributed by atoms with Gasteiger partial charge in [-0.3, -0.25) is 0 Å². The lowest BCUT2D eigenvalue weighted by Crippen LogP contribution is -2.02. The number of fused-ring (bicyclic) bond motifs is 2. The second kappa shape index (κ2) is 9.84. The third-order valence-electron chi connectivity index (χ3n) is 7.35. The minimum Gasteiger partial charge on any atom is -0.493 e. The highest BCUT2D eigenvalue weighted by Crippen LogP contribution is 2.49. The average Bonchev–Trinajstić information content (AvgIpc) is 3.42. The van der Waals surface area contributed by atoms with Crippen LogP contribution < -0.4 is 18.9 Å². The van der Waals surface area contributed by atoms with Gasteiger partial charge in [0, 0.05) is 11.1 Å². The summed E-state index contributed by atoms with van der Waals surface area (Å²) >= 11 is 0. The van der Waals surface area contributed by atoms with E-state index in [9.17, 15) is 0 Å². The Kier molecular flexibility index (Phi) is 6.20. The fourth-order valence-electron chi connectivity index (χ4n) is 5.53. The number of nitrogens with zero attached hydrogens (tertiary/aromatic N) is 1. The summed E-state index contributed by atoms with van der Waals surface area (Å²) in [5, 5.41) is 2.09. The van der Waals surface area contributed by atoms with Gasteiger partial charge in [-0.05, 0) is 58.8 Å². The standard InChI is InChI=1S/C34H30NO4/c1-21-32(26-16-15-25-17-29-30(39-20-38-29)19-28(25)33(26)35(2)3)27(18-31(36-4)34(21)37-5)24-13-11-23(12-14-24)22-9-7-6-8-10-22/h6-19H,2,20H2,1,3-5H3/q+1. The van der Waals surface area contributed by atoms with Crippen LogP contribution in [0.4, 0.5) is 5.69 Å². The molecule has 0 spiro atoms. The highest BCUT2D eigenvalue weighted by atomic mass is 16.7. The van der Waals surface area contributed by atoms with E-state index in [4.69, 9.17) is 18.9 Å². The largest absolute Gasteiger partial charge is 0.493 e. The number of benzene rings is 5. The van der Waals surface area contributed by atoms with Gasteiger partial charge < -0.3 is 18.9 Å². The zero-order valence-electron chi connectivity index (χ0n) is 22.6. The van der Waals surface area contributed by atoms with Crippen molar-refractivity contribution in [2.45, 2.75) is 6.92 Å². The van der Waals surface area contributed by atoms with Gasteiger partial charge in [0.1, 0.15) is 13.8 Å². The number of hydrogen-bond acceptors (Lipinski definition) is 4. The summed E-state index contributed by atoms with van der Waals surface area (Å²) in [7, 11) is 5.32. The van der Waals surface area contributed by atoms with Crippen LogP contribution in [0.5, 0.6) is 23.0 Å². The molecule has 5 nitrogen and oxygen atoms in total. The molecule has 5 aromatic carbocycles. The molecule has 5 aromatic rings. The summed E-state index contributed by atoms with van der Waals surface area (Å²) in [5.74, 6) is 2.90. The summed E-state index contributed by atoms with van der Waals surface area (Å²) in [6.45, 7) is 6.60. The van der Waals surface area contributed by atoms with Crippen molar-refractivity contribution in [3.63, 3.8) is 0 Å². The van der Waals surface area contributed by atoms with Gasteiger partial charge in [0.15, 0.2) is 23.0 Å². The second-order valence-corrected chi connectivity index (χ2v) is 9.69. The van der Waals surface area contributed by atoms with E-state index in [1.165, 1.54) is 5.56 Å². The van der Waals surface area contributed by atoms with Gasteiger partial charge in [-0.15, -0.1) is 0 Å². The van der Waals surface area contributed by atoms with Crippen LogP contribution in [0.3, 0.4) is 0 Å². The van der Waals surface area contributed by atoms with Gasteiger partial charge in [0.05, 0.1) is 25.2 Å². The Bertz CT molecular complexity index is 1720. The van der Waals surface area contributed by atoms with Crippen LogP contribution in [0, 0.1) is 6.92 Å². The smallest absolute Gasteiger partial charge is 0.231 e. The highest BCUT2D eigenvalue weighted by Gasteiger charge is 2.26.